The van der Waals surface area contributed by atoms with Gasteiger partial charge in [-0.05, 0) is 38.0 Å². The second-order valence-corrected chi connectivity index (χ2v) is 8.71. The second kappa shape index (κ2) is 7.45. The Balaban J connectivity index is 1.78. The first-order valence-electron chi connectivity index (χ1n) is 8.39. The summed E-state index contributed by atoms with van der Waals surface area (Å²) in [7, 11) is -3.80. The first kappa shape index (κ1) is 19.6. The summed E-state index contributed by atoms with van der Waals surface area (Å²) >= 11 is 6.09. The molecule has 1 aromatic rings. The Kier molecular flexibility index (Phi) is 5.41. The van der Waals surface area contributed by atoms with Crippen molar-refractivity contribution in [3.05, 3.63) is 23.2 Å². The van der Waals surface area contributed by atoms with Crippen LogP contribution in [-0.2, 0) is 19.6 Å². The second-order valence-electron chi connectivity index (χ2n) is 6.44. The third-order valence-electron chi connectivity index (χ3n) is 4.53. The van der Waals surface area contributed by atoms with Crippen LogP contribution in [0, 0.1) is 0 Å². The van der Waals surface area contributed by atoms with Crippen molar-refractivity contribution >= 4 is 45.2 Å². The Bertz CT molecular complexity index is 888. The normalized spacial score (nSPS) is 20.8. The van der Waals surface area contributed by atoms with E-state index in [1.807, 2.05) is 6.92 Å². The fourth-order valence-electron chi connectivity index (χ4n) is 3.13. The van der Waals surface area contributed by atoms with Crippen molar-refractivity contribution in [2.24, 2.45) is 0 Å². The Labute approximate surface area is 161 Å². The van der Waals surface area contributed by atoms with Crippen LogP contribution in [0.2, 0.25) is 5.02 Å². The molecule has 3 rings (SSSR count). The Morgan fingerprint density at radius 3 is 2.70 bits per heavy atom. The highest BCUT2D eigenvalue weighted by Crippen LogP contribution is 2.31. The smallest absolute Gasteiger partial charge is 0.325 e. The lowest BCUT2D eigenvalue weighted by Gasteiger charge is -2.22. The highest BCUT2D eigenvalue weighted by Gasteiger charge is 2.34. The van der Waals surface area contributed by atoms with Gasteiger partial charge in [0.1, 0.15) is 11.4 Å². The molecule has 0 aliphatic carbocycles. The maximum atomic E-state index is 12.9. The van der Waals surface area contributed by atoms with Crippen molar-refractivity contribution in [3.63, 3.8) is 0 Å². The minimum absolute atomic E-state index is 0.0567. The van der Waals surface area contributed by atoms with E-state index in [-0.39, 0.29) is 28.2 Å². The monoisotopic (exact) mass is 414 g/mol. The van der Waals surface area contributed by atoms with Gasteiger partial charge in [0, 0.05) is 18.3 Å². The van der Waals surface area contributed by atoms with Crippen LogP contribution in [0.4, 0.5) is 10.5 Å². The summed E-state index contributed by atoms with van der Waals surface area (Å²) in [5.41, 5.74) is 0.210. The SMILES string of the molecule is CC1CCCN1S(=O)(=O)c1cc(NC(=O)CN2C(=O)CNC2=O)ccc1Cl. The number of hydrogen-bond donors (Lipinski definition) is 2. The van der Waals surface area contributed by atoms with Crippen LogP contribution >= 0.6 is 11.6 Å². The van der Waals surface area contributed by atoms with E-state index in [1.165, 1.54) is 22.5 Å². The Morgan fingerprint density at radius 1 is 1.37 bits per heavy atom. The van der Waals surface area contributed by atoms with Gasteiger partial charge in [0.05, 0.1) is 11.6 Å². The predicted octanol–water partition coefficient (Wildman–Crippen LogP) is 1.00. The van der Waals surface area contributed by atoms with Gasteiger partial charge in [-0.25, -0.2) is 13.2 Å². The molecule has 27 heavy (non-hydrogen) atoms. The number of urea groups is 1. The number of benzene rings is 1. The molecule has 2 aliphatic heterocycles. The summed E-state index contributed by atoms with van der Waals surface area (Å²) in [5, 5.41) is 4.87. The van der Waals surface area contributed by atoms with E-state index >= 15 is 0 Å². The number of carbonyl (C=O) groups is 3. The van der Waals surface area contributed by atoms with E-state index in [9.17, 15) is 22.8 Å². The van der Waals surface area contributed by atoms with E-state index in [2.05, 4.69) is 10.6 Å². The standard InChI is InChI=1S/C16H19ClN4O5S/c1-10-3-2-6-21(10)27(25,26)13-7-11(4-5-12(13)17)19-14(22)9-20-15(23)8-18-16(20)24/h4-5,7,10H,2-3,6,8-9H2,1H3,(H,18,24)(H,19,22). The number of carbonyl (C=O) groups excluding carboxylic acids is 3. The summed E-state index contributed by atoms with van der Waals surface area (Å²) in [5.74, 6) is -1.13. The lowest BCUT2D eigenvalue weighted by atomic mass is 10.3. The van der Waals surface area contributed by atoms with Gasteiger partial charge in [-0.3, -0.25) is 14.5 Å². The lowest BCUT2D eigenvalue weighted by molar-refractivity contribution is -0.128. The summed E-state index contributed by atoms with van der Waals surface area (Å²) in [6, 6.07) is 3.37. The molecule has 4 amide bonds. The first-order chi connectivity index (χ1) is 12.7. The number of nitrogens with one attached hydrogen (secondary N) is 2. The van der Waals surface area contributed by atoms with Gasteiger partial charge in [-0.2, -0.15) is 4.31 Å². The number of nitrogens with zero attached hydrogens (tertiary/aromatic N) is 2. The maximum Gasteiger partial charge on any atom is 0.325 e. The third-order valence-corrected chi connectivity index (χ3v) is 7.03. The molecule has 146 valence electrons. The molecule has 1 atom stereocenters. The average molecular weight is 415 g/mol. The topological polar surface area (TPSA) is 116 Å². The van der Waals surface area contributed by atoms with Crippen molar-refractivity contribution in [1.82, 2.24) is 14.5 Å². The van der Waals surface area contributed by atoms with Crippen LogP contribution in [0.15, 0.2) is 23.1 Å². The van der Waals surface area contributed by atoms with Crippen LogP contribution in [0.3, 0.4) is 0 Å². The summed E-state index contributed by atoms with van der Waals surface area (Å²) in [6.45, 7) is 1.65. The summed E-state index contributed by atoms with van der Waals surface area (Å²) in [6.07, 6.45) is 1.56. The molecule has 2 aliphatic rings. The molecule has 2 heterocycles. The minimum atomic E-state index is -3.80. The number of imide groups is 1. The number of hydrogen-bond acceptors (Lipinski definition) is 5. The molecule has 0 aromatic heterocycles. The van der Waals surface area contributed by atoms with E-state index in [0.717, 1.165) is 17.7 Å². The quantitative estimate of drug-likeness (QED) is 0.697. The van der Waals surface area contributed by atoms with Gasteiger partial charge in [0.25, 0.3) is 5.91 Å². The van der Waals surface area contributed by atoms with Crippen LogP contribution in [0.5, 0.6) is 0 Å². The Morgan fingerprint density at radius 2 is 2.11 bits per heavy atom. The molecule has 0 saturated carbocycles. The molecule has 2 saturated heterocycles. The van der Waals surface area contributed by atoms with Crippen LogP contribution < -0.4 is 10.6 Å². The number of sulfonamides is 1. The molecule has 0 spiro atoms. The molecule has 11 heteroatoms. The minimum Gasteiger partial charge on any atom is -0.329 e. The highest BCUT2D eigenvalue weighted by atomic mass is 35.5. The van der Waals surface area contributed by atoms with Gasteiger partial charge in [0.15, 0.2) is 0 Å². The number of amides is 4. The first-order valence-corrected chi connectivity index (χ1v) is 10.2. The van der Waals surface area contributed by atoms with Crippen molar-refractivity contribution in [3.8, 4) is 0 Å². The van der Waals surface area contributed by atoms with E-state index < -0.39 is 34.4 Å². The third kappa shape index (κ3) is 3.92. The van der Waals surface area contributed by atoms with E-state index in [0.29, 0.717) is 6.54 Å². The van der Waals surface area contributed by atoms with Crippen LogP contribution in [0.1, 0.15) is 19.8 Å². The van der Waals surface area contributed by atoms with Gasteiger partial charge in [0.2, 0.25) is 15.9 Å². The van der Waals surface area contributed by atoms with Gasteiger partial charge < -0.3 is 10.6 Å². The Hall–Kier alpha value is -2.17. The zero-order chi connectivity index (χ0) is 19.8. The van der Waals surface area contributed by atoms with E-state index in [1.54, 1.807) is 0 Å². The molecule has 9 nitrogen and oxygen atoms in total. The van der Waals surface area contributed by atoms with Crippen molar-refractivity contribution < 1.29 is 22.8 Å². The fraction of sp³-hybridized carbons (Fsp3) is 0.438. The molecular weight excluding hydrogens is 396 g/mol. The van der Waals surface area contributed by atoms with Gasteiger partial charge in [-0.15, -0.1) is 0 Å². The van der Waals surface area contributed by atoms with Crippen LogP contribution in [-0.4, -0.2) is 61.1 Å². The molecule has 1 aromatic carbocycles. The number of halogens is 1. The number of anilines is 1. The molecule has 1 unspecified atom stereocenters. The highest BCUT2D eigenvalue weighted by molar-refractivity contribution is 7.89. The zero-order valence-corrected chi connectivity index (χ0v) is 16.1. The summed E-state index contributed by atoms with van der Waals surface area (Å²) < 4.78 is 27.2. The molecule has 2 N–H and O–H groups in total. The molecular formula is C16H19ClN4O5S. The molecule has 0 radical (unpaired) electrons. The maximum absolute atomic E-state index is 12.9. The fourth-order valence-corrected chi connectivity index (χ4v) is 5.33. The van der Waals surface area contributed by atoms with Crippen LogP contribution in [0.25, 0.3) is 0 Å². The van der Waals surface area contributed by atoms with Crippen molar-refractivity contribution in [2.75, 3.05) is 25.0 Å². The van der Waals surface area contributed by atoms with E-state index in [4.69, 9.17) is 11.6 Å². The zero-order valence-electron chi connectivity index (χ0n) is 14.6. The number of rotatable bonds is 5. The molecule has 2 fully saturated rings. The van der Waals surface area contributed by atoms with Gasteiger partial charge in [-0.1, -0.05) is 11.6 Å². The van der Waals surface area contributed by atoms with Crippen molar-refractivity contribution in [2.45, 2.75) is 30.7 Å². The van der Waals surface area contributed by atoms with Gasteiger partial charge >= 0.3 is 6.03 Å². The largest absolute Gasteiger partial charge is 0.329 e. The lowest BCUT2D eigenvalue weighted by Crippen LogP contribution is -2.38. The summed E-state index contributed by atoms with van der Waals surface area (Å²) in [4.78, 5) is 35.9. The average Bonchev–Trinajstić information content (AvgIpc) is 3.17. The molecule has 0 bridgehead atoms. The predicted molar refractivity (Wildman–Crippen MR) is 97.8 cm³/mol. The van der Waals surface area contributed by atoms with Crippen molar-refractivity contribution in [1.29, 1.82) is 0 Å².